The van der Waals surface area contributed by atoms with Crippen LogP contribution in [-0.2, 0) is 16.0 Å². The molecule has 4 heteroatoms. The molecule has 26 heavy (non-hydrogen) atoms. The van der Waals surface area contributed by atoms with Gasteiger partial charge in [-0.05, 0) is 37.5 Å². The van der Waals surface area contributed by atoms with Crippen molar-refractivity contribution >= 4 is 5.97 Å². The highest BCUT2D eigenvalue weighted by Crippen LogP contribution is 2.16. The van der Waals surface area contributed by atoms with Crippen molar-refractivity contribution in [2.24, 2.45) is 5.73 Å². The predicted molar refractivity (Wildman–Crippen MR) is 107 cm³/mol. The molecule has 0 saturated heterocycles. The number of ether oxygens (including phenoxy) is 2. The number of carbonyl (C=O) groups excluding carboxylic acids is 1. The Hall–Kier alpha value is -1.55. The van der Waals surface area contributed by atoms with Gasteiger partial charge in [0, 0.05) is 0 Å². The summed E-state index contributed by atoms with van der Waals surface area (Å²) in [6, 6.07) is 7.95. The highest BCUT2D eigenvalue weighted by Gasteiger charge is 2.06. The Morgan fingerprint density at radius 2 is 1.46 bits per heavy atom. The summed E-state index contributed by atoms with van der Waals surface area (Å²) in [5, 5.41) is 0. The minimum atomic E-state index is -0.602. The van der Waals surface area contributed by atoms with Gasteiger partial charge in [-0.2, -0.15) is 0 Å². The van der Waals surface area contributed by atoms with E-state index < -0.39 is 12.2 Å². The topological polar surface area (TPSA) is 61.5 Å². The molecule has 0 aliphatic carbocycles. The van der Waals surface area contributed by atoms with Gasteiger partial charge in [-0.15, -0.1) is 0 Å². The molecule has 0 aliphatic heterocycles. The Bertz CT molecular complexity index is 471. The van der Waals surface area contributed by atoms with Crippen LogP contribution in [0.3, 0.4) is 0 Å². The molecule has 1 rings (SSSR count). The van der Waals surface area contributed by atoms with Crippen molar-refractivity contribution < 1.29 is 14.3 Å². The third kappa shape index (κ3) is 11.9. The fourth-order valence-electron chi connectivity index (χ4n) is 2.95. The second-order valence-electron chi connectivity index (χ2n) is 7.06. The van der Waals surface area contributed by atoms with E-state index in [1.807, 2.05) is 12.1 Å². The van der Waals surface area contributed by atoms with E-state index in [-0.39, 0.29) is 6.61 Å². The molecule has 1 aromatic rings. The van der Waals surface area contributed by atoms with Crippen LogP contribution in [0.4, 0.5) is 0 Å². The van der Waals surface area contributed by atoms with Crippen molar-refractivity contribution in [3.63, 3.8) is 0 Å². The van der Waals surface area contributed by atoms with Crippen molar-refractivity contribution in [1.29, 1.82) is 0 Å². The highest BCUT2D eigenvalue weighted by molar-refractivity contribution is 5.71. The van der Waals surface area contributed by atoms with Crippen LogP contribution in [0.25, 0.3) is 0 Å². The summed E-state index contributed by atoms with van der Waals surface area (Å²) >= 11 is 0. The second-order valence-corrected chi connectivity index (χ2v) is 7.06. The Labute approximate surface area is 159 Å². The standard InChI is InChI=1S/C22H37NO3/c1-3-4-5-6-7-8-9-10-11-12-13-20-14-16-21(17-15-20)25-18-22(24)26-19(2)23/h14-17,19H,3-13,18,23H2,1-2H3. The number of aryl methyl sites for hydroxylation is 1. The summed E-state index contributed by atoms with van der Waals surface area (Å²) in [6.45, 7) is 3.76. The lowest BCUT2D eigenvalue weighted by Crippen LogP contribution is -2.26. The van der Waals surface area contributed by atoms with Gasteiger partial charge in [-0.25, -0.2) is 4.79 Å². The third-order valence-electron chi connectivity index (χ3n) is 4.42. The van der Waals surface area contributed by atoms with E-state index in [9.17, 15) is 4.79 Å². The number of nitrogens with two attached hydrogens (primary N) is 1. The molecule has 1 atom stereocenters. The molecular weight excluding hydrogens is 326 g/mol. The zero-order valence-electron chi connectivity index (χ0n) is 16.7. The third-order valence-corrected chi connectivity index (χ3v) is 4.42. The van der Waals surface area contributed by atoms with Gasteiger partial charge in [-0.1, -0.05) is 76.8 Å². The van der Waals surface area contributed by atoms with Crippen molar-refractivity contribution in [1.82, 2.24) is 0 Å². The summed E-state index contributed by atoms with van der Waals surface area (Å²) in [6.07, 6.45) is 14.1. The molecule has 0 fully saturated rings. The molecule has 1 unspecified atom stereocenters. The van der Waals surface area contributed by atoms with Gasteiger partial charge in [0.1, 0.15) is 12.0 Å². The van der Waals surface area contributed by atoms with E-state index in [4.69, 9.17) is 15.2 Å². The van der Waals surface area contributed by atoms with Gasteiger partial charge in [0.2, 0.25) is 0 Å². The van der Waals surface area contributed by atoms with Gasteiger partial charge >= 0.3 is 5.97 Å². The van der Waals surface area contributed by atoms with Crippen molar-refractivity contribution in [3.05, 3.63) is 29.8 Å². The van der Waals surface area contributed by atoms with Crippen LogP contribution < -0.4 is 10.5 Å². The first-order valence-electron chi connectivity index (χ1n) is 10.3. The molecule has 0 saturated carbocycles. The number of hydrogen-bond donors (Lipinski definition) is 1. The minimum Gasteiger partial charge on any atom is -0.482 e. The zero-order chi connectivity index (χ0) is 19.0. The van der Waals surface area contributed by atoms with Crippen molar-refractivity contribution in [2.45, 2.75) is 90.7 Å². The van der Waals surface area contributed by atoms with E-state index in [2.05, 4.69) is 19.1 Å². The van der Waals surface area contributed by atoms with E-state index in [1.165, 1.54) is 69.8 Å². The summed E-state index contributed by atoms with van der Waals surface area (Å²) in [4.78, 5) is 11.4. The Morgan fingerprint density at radius 1 is 0.923 bits per heavy atom. The first-order chi connectivity index (χ1) is 12.6. The molecule has 2 N–H and O–H groups in total. The van der Waals surface area contributed by atoms with Crippen LogP contribution in [0.1, 0.15) is 83.6 Å². The number of hydrogen-bond acceptors (Lipinski definition) is 4. The molecule has 148 valence electrons. The first-order valence-corrected chi connectivity index (χ1v) is 10.3. The van der Waals surface area contributed by atoms with E-state index in [1.54, 1.807) is 6.92 Å². The molecular formula is C22H37NO3. The quantitative estimate of drug-likeness (QED) is 0.258. The molecule has 0 amide bonds. The summed E-state index contributed by atoms with van der Waals surface area (Å²) in [7, 11) is 0. The van der Waals surface area contributed by atoms with Crippen LogP contribution in [0, 0.1) is 0 Å². The van der Waals surface area contributed by atoms with Gasteiger partial charge < -0.3 is 9.47 Å². The predicted octanol–water partition coefficient (Wildman–Crippen LogP) is 5.38. The van der Waals surface area contributed by atoms with Crippen LogP contribution in [0.5, 0.6) is 5.75 Å². The first kappa shape index (κ1) is 22.5. The van der Waals surface area contributed by atoms with Gasteiger partial charge in [0.05, 0.1) is 0 Å². The SMILES string of the molecule is CCCCCCCCCCCCc1ccc(OCC(=O)OC(C)N)cc1. The van der Waals surface area contributed by atoms with E-state index >= 15 is 0 Å². The maximum atomic E-state index is 11.4. The second kappa shape index (κ2) is 14.6. The van der Waals surface area contributed by atoms with Crippen molar-refractivity contribution in [3.8, 4) is 5.75 Å². The highest BCUT2D eigenvalue weighted by atomic mass is 16.6. The van der Waals surface area contributed by atoms with E-state index in [0.29, 0.717) is 5.75 Å². The summed E-state index contributed by atoms with van der Waals surface area (Å²) in [5.74, 6) is 0.230. The molecule has 4 nitrogen and oxygen atoms in total. The number of rotatable bonds is 15. The zero-order valence-corrected chi connectivity index (χ0v) is 16.7. The lowest BCUT2D eigenvalue weighted by Gasteiger charge is -2.09. The fraction of sp³-hybridized carbons (Fsp3) is 0.682. The summed E-state index contributed by atoms with van der Waals surface area (Å²) < 4.78 is 10.2. The average molecular weight is 364 g/mol. The lowest BCUT2D eigenvalue weighted by molar-refractivity contribution is -0.150. The summed E-state index contributed by atoms with van der Waals surface area (Å²) in [5.41, 5.74) is 6.71. The maximum absolute atomic E-state index is 11.4. The minimum absolute atomic E-state index is 0.112. The Morgan fingerprint density at radius 3 is 2.00 bits per heavy atom. The van der Waals surface area contributed by atoms with Gasteiger partial charge in [0.25, 0.3) is 0 Å². The normalized spacial score (nSPS) is 12.0. The molecule has 0 aromatic heterocycles. The molecule has 0 spiro atoms. The lowest BCUT2D eigenvalue weighted by atomic mass is 10.0. The largest absolute Gasteiger partial charge is 0.482 e. The smallest absolute Gasteiger partial charge is 0.345 e. The molecule has 0 aliphatic rings. The van der Waals surface area contributed by atoms with Gasteiger partial charge in [-0.3, -0.25) is 5.73 Å². The maximum Gasteiger partial charge on any atom is 0.345 e. The van der Waals surface area contributed by atoms with Crippen LogP contribution >= 0.6 is 0 Å². The fourth-order valence-corrected chi connectivity index (χ4v) is 2.95. The number of unbranched alkanes of at least 4 members (excludes halogenated alkanes) is 9. The number of carbonyl (C=O) groups is 1. The molecule has 0 heterocycles. The molecule has 0 radical (unpaired) electrons. The monoisotopic (exact) mass is 363 g/mol. The van der Waals surface area contributed by atoms with Crippen LogP contribution in [0.2, 0.25) is 0 Å². The van der Waals surface area contributed by atoms with Crippen molar-refractivity contribution in [2.75, 3.05) is 6.61 Å². The Kier molecular flexibility index (Phi) is 12.6. The van der Waals surface area contributed by atoms with Gasteiger partial charge in [0.15, 0.2) is 6.61 Å². The van der Waals surface area contributed by atoms with E-state index in [0.717, 1.165) is 6.42 Å². The number of benzene rings is 1. The molecule has 1 aromatic carbocycles. The molecule has 0 bridgehead atoms. The number of esters is 1. The van der Waals surface area contributed by atoms with Crippen LogP contribution in [0.15, 0.2) is 24.3 Å². The van der Waals surface area contributed by atoms with Crippen LogP contribution in [-0.4, -0.2) is 18.8 Å². The Balaban J connectivity index is 2.05. The average Bonchev–Trinajstić information content (AvgIpc) is 2.62.